The molecule has 1 fully saturated rings. The highest BCUT2D eigenvalue weighted by Crippen LogP contribution is 2.10. The fourth-order valence-corrected chi connectivity index (χ4v) is 2.74. The summed E-state index contributed by atoms with van der Waals surface area (Å²) in [5.74, 6) is 0. The summed E-state index contributed by atoms with van der Waals surface area (Å²) in [5, 5.41) is 6.79. The number of hydrogen-bond acceptors (Lipinski definition) is 5. The van der Waals surface area contributed by atoms with E-state index in [-0.39, 0.29) is 5.16 Å². The molecule has 0 amide bonds. The molecule has 0 radical (unpaired) electrons. The van der Waals surface area contributed by atoms with Gasteiger partial charge in [-0.3, -0.25) is 4.68 Å². The first-order valence-electron chi connectivity index (χ1n) is 4.67. The van der Waals surface area contributed by atoms with Gasteiger partial charge < -0.3 is 5.32 Å². The van der Waals surface area contributed by atoms with Crippen LogP contribution in [0.2, 0.25) is 0 Å². The summed E-state index contributed by atoms with van der Waals surface area (Å²) in [6, 6.07) is 0. The summed E-state index contributed by atoms with van der Waals surface area (Å²) in [7, 11) is -1.85. The van der Waals surface area contributed by atoms with E-state index in [0.717, 1.165) is 0 Å². The van der Waals surface area contributed by atoms with Gasteiger partial charge in [0.1, 0.15) is 6.33 Å². The maximum atomic E-state index is 12.0. The lowest BCUT2D eigenvalue weighted by atomic mass is 10.4. The Morgan fingerprint density at radius 2 is 2.07 bits per heavy atom. The van der Waals surface area contributed by atoms with Gasteiger partial charge in [-0.15, -0.1) is 5.10 Å². The van der Waals surface area contributed by atoms with Crippen LogP contribution in [0.3, 0.4) is 0 Å². The van der Waals surface area contributed by atoms with Crippen LogP contribution in [0, 0.1) is 0 Å². The van der Waals surface area contributed by atoms with Gasteiger partial charge in [0.2, 0.25) is 0 Å². The molecule has 1 N–H and O–H groups in total. The van der Waals surface area contributed by atoms with Crippen molar-refractivity contribution in [1.29, 1.82) is 0 Å². The third kappa shape index (κ3) is 2.01. The minimum absolute atomic E-state index is 0.119. The number of sulfonamides is 1. The monoisotopic (exact) mass is 231 g/mol. The van der Waals surface area contributed by atoms with Crippen molar-refractivity contribution in [3.63, 3.8) is 0 Å². The van der Waals surface area contributed by atoms with Crippen molar-refractivity contribution in [2.45, 2.75) is 5.16 Å². The van der Waals surface area contributed by atoms with E-state index in [1.54, 1.807) is 7.05 Å². The average Bonchev–Trinajstić information content (AvgIpc) is 2.67. The Kier molecular flexibility index (Phi) is 2.72. The lowest BCUT2D eigenvalue weighted by molar-refractivity contribution is 0.357. The first-order chi connectivity index (χ1) is 7.10. The number of aryl methyl sites for hydroxylation is 1. The molecular weight excluding hydrogens is 218 g/mol. The highest BCUT2D eigenvalue weighted by atomic mass is 32.2. The van der Waals surface area contributed by atoms with Gasteiger partial charge in [0.25, 0.3) is 15.2 Å². The maximum Gasteiger partial charge on any atom is 0.282 e. The second-order valence-corrected chi connectivity index (χ2v) is 5.19. The Morgan fingerprint density at radius 3 is 2.60 bits per heavy atom. The molecule has 0 unspecified atom stereocenters. The molecule has 1 aliphatic heterocycles. The third-order valence-electron chi connectivity index (χ3n) is 2.23. The van der Waals surface area contributed by atoms with Crippen molar-refractivity contribution in [2.24, 2.45) is 7.05 Å². The second kappa shape index (κ2) is 3.87. The van der Waals surface area contributed by atoms with E-state index in [0.29, 0.717) is 26.2 Å². The lowest BCUT2D eigenvalue weighted by Gasteiger charge is -2.24. The highest BCUT2D eigenvalue weighted by Gasteiger charge is 2.29. The van der Waals surface area contributed by atoms with Gasteiger partial charge in [0.15, 0.2) is 0 Å². The second-order valence-electron chi connectivity index (χ2n) is 3.35. The van der Waals surface area contributed by atoms with Crippen molar-refractivity contribution >= 4 is 10.0 Å². The predicted octanol–water partition coefficient (Wildman–Crippen LogP) is -1.59. The van der Waals surface area contributed by atoms with E-state index in [1.807, 2.05) is 0 Å². The van der Waals surface area contributed by atoms with Gasteiger partial charge in [0.05, 0.1) is 0 Å². The number of hydrogen-bond donors (Lipinski definition) is 1. The van der Waals surface area contributed by atoms with E-state index in [9.17, 15) is 8.42 Å². The van der Waals surface area contributed by atoms with Crippen LogP contribution in [0.5, 0.6) is 0 Å². The predicted molar refractivity (Wildman–Crippen MR) is 52.6 cm³/mol. The molecule has 0 spiro atoms. The number of piperazine rings is 1. The first kappa shape index (κ1) is 10.5. The number of nitrogens with zero attached hydrogens (tertiary/aromatic N) is 4. The molecule has 1 saturated heterocycles. The molecule has 2 rings (SSSR count). The van der Waals surface area contributed by atoms with Crippen molar-refractivity contribution in [3.05, 3.63) is 6.33 Å². The molecule has 2 heterocycles. The third-order valence-corrected chi connectivity index (χ3v) is 3.92. The molecule has 1 aromatic rings. The van der Waals surface area contributed by atoms with Crippen LogP contribution in [0.1, 0.15) is 0 Å². The highest BCUT2D eigenvalue weighted by molar-refractivity contribution is 7.88. The summed E-state index contributed by atoms with van der Waals surface area (Å²) in [6.07, 6.45) is 1.38. The van der Waals surface area contributed by atoms with E-state index >= 15 is 0 Å². The summed E-state index contributed by atoms with van der Waals surface area (Å²) < 4.78 is 26.7. The fraction of sp³-hybridized carbons (Fsp3) is 0.714. The molecule has 1 aliphatic rings. The molecule has 0 saturated carbocycles. The average molecular weight is 231 g/mol. The Hall–Kier alpha value is -0.990. The van der Waals surface area contributed by atoms with Crippen molar-refractivity contribution < 1.29 is 8.42 Å². The molecule has 0 aromatic carbocycles. The van der Waals surface area contributed by atoms with Crippen molar-refractivity contribution in [1.82, 2.24) is 24.4 Å². The van der Waals surface area contributed by atoms with Crippen molar-refractivity contribution in [3.8, 4) is 0 Å². The van der Waals surface area contributed by atoms with Crippen LogP contribution < -0.4 is 5.32 Å². The molecular formula is C7H13N5O2S. The summed E-state index contributed by atoms with van der Waals surface area (Å²) >= 11 is 0. The smallest absolute Gasteiger partial charge is 0.282 e. The molecule has 0 bridgehead atoms. The van der Waals surface area contributed by atoms with Crippen LogP contribution >= 0.6 is 0 Å². The maximum absolute atomic E-state index is 12.0. The molecule has 84 valence electrons. The van der Waals surface area contributed by atoms with E-state index < -0.39 is 10.0 Å². The number of aromatic nitrogens is 3. The molecule has 0 atom stereocenters. The molecule has 7 nitrogen and oxygen atoms in total. The van der Waals surface area contributed by atoms with Gasteiger partial charge in [-0.05, 0) is 0 Å². The molecule has 8 heteroatoms. The van der Waals surface area contributed by atoms with Crippen LogP contribution in [0.25, 0.3) is 0 Å². The topological polar surface area (TPSA) is 80.1 Å². The minimum atomic E-state index is -3.49. The number of nitrogens with one attached hydrogen (secondary N) is 1. The van der Waals surface area contributed by atoms with Crippen LogP contribution in [0.4, 0.5) is 0 Å². The number of rotatable bonds is 2. The standard InChI is InChI=1S/C7H13N5O2S/c1-11-6-9-7(10-11)15(13,14)12-4-2-8-3-5-12/h6,8H,2-5H2,1H3. The van der Waals surface area contributed by atoms with Gasteiger partial charge in [-0.2, -0.15) is 4.31 Å². The van der Waals surface area contributed by atoms with Crippen LogP contribution in [-0.2, 0) is 17.1 Å². The largest absolute Gasteiger partial charge is 0.314 e. The Labute approximate surface area is 88.1 Å². The molecule has 0 aliphatic carbocycles. The van der Waals surface area contributed by atoms with Crippen LogP contribution in [0.15, 0.2) is 11.5 Å². The van der Waals surface area contributed by atoms with Crippen molar-refractivity contribution in [2.75, 3.05) is 26.2 Å². The minimum Gasteiger partial charge on any atom is -0.314 e. The summed E-state index contributed by atoms with van der Waals surface area (Å²) in [5.41, 5.74) is 0. The zero-order valence-corrected chi connectivity index (χ0v) is 9.24. The Balaban J connectivity index is 2.26. The van der Waals surface area contributed by atoms with Gasteiger partial charge >= 0.3 is 0 Å². The zero-order valence-electron chi connectivity index (χ0n) is 8.42. The Morgan fingerprint density at radius 1 is 1.40 bits per heavy atom. The molecule has 1 aromatic heterocycles. The normalized spacial score (nSPS) is 19.3. The fourth-order valence-electron chi connectivity index (χ4n) is 1.44. The van der Waals surface area contributed by atoms with Gasteiger partial charge in [-0.1, -0.05) is 0 Å². The van der Waals surface area contributed by atoms with Crippen LogP contribution in [-0.4, -0.2) is 53.7 Å². The first-order valence-corrected chi connectivity index (χ1v) is 6.11. The summed E-state index contributed by atoms with van der Waals surface area (Å²) in [6.45, 7) is 2.29. The lowest BCUT2D eigenvalue weighted by Crippen LogP contribution is -2.46. The van der Waals surface area contributed by atoms with Gasteiger partial charge in [0, 0.05) is 33.2 Å². The van der Waals surface area contributed by atoms with E-state index in [2.05, 4.69) is 15.4 Å². The van der Waals surface area contributed by atoms with E-state index in [4.69, 9.17) is 0 Å². The molecule has 15 heavy (non-hydrogen) atoms. The quantitative estimate of drug-likeness (QED) is 0.663. The van der Waals surface area contributed by atoms with E-state index in [1.165, 1.54) is 15.3 Å². The SMILES string of the molecule is Cn1cnc(S(=O)(=O)N2CCNCC2)n1. The zero-order chi connectivity index (χ0) is 10.9. The summed E-state index contributed by atoms with van der Waals surface area (Å²) in [4.78, 5) is 3.76. The Bertz CT molecular complexity index is 434. The van der Waals surface area contributed by atoms with Gasteiger partial charge in [-0.25, -0.2) is 13.4 Å².